The van der Waals surface area contributed by atoms with Crippen molar-refractivity contribution >= 4 is 25.6 Å². The lowest BCUT2D eigenvalue weighted by Gasteiger charge is -2.11. The van der Waals surface area contributed by atoms with Crippen LogP contribution in [0.3, 0.4) is 0 Å². The molecule has 1 rings (SSSR count). The Labute approximate surface area is 118 Å². The molecule has 4 nitrogen and oxygen atoms in total. The van der Waals surface area contributed by atoms with E-state index < -0.39 is 9.05 Å². The minimum Gasteiger partial charge on any atom is -0.352 e. The fourth-order valence-corrected chi connectivity index (χ4v) is 2.89. The first-order valence-electron chi connectivity index (χ1n) is 5.97. The molecule has 0 spiro atoms. The van der Waals surface area contributed by atoms with Gasteiger partial charge in [-0.3, -0.25) is 4.79 Å². The smallest absolute Gasteiger partial charge is 0.261 e. The molecular formula is C13H18ClNO3S. The van der Waals surface area contributed by atoms with Crippen LogP contribution in [0.4, 0.5) is 0 Å². The molecule has 0 saturated carbocycles. The predicted octanol–water partition coefficient (Wildman–Crippen LogP) is 2.62. The Morgan fingerprint density at radius 1 is 1.32 bits per heavy atom. The molecule has 1 aromatic carbocycles. The molecular weight excluding hydrogens is 286 g/mol. The monoisotopic (exact) mass is 303 g/mol. The van der Waals surface area contributed by atoms with Crippen molar-refractivity contribution in [3.05, 3.63) is 28.8 Å². The lowest BCUT2D eigenvalue weighted by Crippen LogP contribution is -2.27. The van der Waals surface area contributed by atoms with Gasteiger partial charge in [-0.15, -0.1) is 0 Å². The molecule has 106 valence electrons. The summed E-state index contributed by atoms with van der Waals surface area (Å²) in [5.41, 5.74) is 1.59. The minimum atomic E-state index is -3.85. The average molecular weight is 304 g/mol. The van der Waals surface area contributed by atoms with E-state index in [0.29, 0.717) is 23.6 Å². The van der Waals surface area contributed by atoms with Crippen molar-refractivity contribution < 1.29 is 13.2 Å². The van der Waals surface area contributed by atoms with Gasteiger partial charge in [-0.05, 0) is 43.0 Å². The summed E-state index contributed by atoms with van der Waals surface area (Å²) in [6.07, 6.45) is 0. The highest BCUT2D eigenvalue weighted by Gasteiger charge is 2.18. The Hall–Kier alpha value is -1.07. The van der Waals surface area contributed by atoms with E-state index in [1.165, 1.54) is 6.07 Å². The van der Waals surface area contributed by atoms with Crippen LogP contribution in [0.2, 0.25) is 0 Å². The molecule has 0 aromatic heterocycles. The van der Waals surface area contributed by atoms with Crippen molar-refractivity contribution in [1.29, 1.82) is 0 Å². The van der Waals surface area contributed by atoms with Gasteiger partial charge in [-0.25, -0.2) is 8.42 Å². The molecule has 0 fully saturated rings. The molecule has 0 unspecified atom stereocenters. The van der Waals surface area contributed by atoms with Crippen molar-refractivity contribution in [2.24, 2.45) is 5.92 Å². The van der Waals surface area contributed by atoms with Gasteiger partial charge in [0.05, 0.1) is 4.90 Å². The lowest BCUT2D eigenvalue weighted by atomic mass is 10.1. The zero-order valence-corrected chi connectivity index (χ0v) is 13.0. The number of halogens is 1. The maximum absolute atomic E-state index is 11.9. The molecule has 0 saturated heterocycles. The second kappa shape index (κ2) is 5.92. The van der Waals surface area contributed by atoms with Crippen LogP contribution >= 0.6 is 10.7 Å². The van der Waals surface area contributed by atoms with Crippen molar-refractivity contribution in [2.75, 3.05) is 6.54 Å². The number of amides is 1. The summed E-state index contributed by atoms with van der Waals surface area (Å²) >= 11 is 0. The molecule has 6 heteroatoms. The summed E-state index contributed by atoms with van der Waals surface area (Å²) in [6.45, 7) is 7.92. The SMILES string of the molecule is Cc1cc(C(=O)NCC(C)C)cc(S(=O)(=O)Cl)c1C. The number of hydrogen-bond donors (Lipinski definition) is 1. The van der Waals surface area contributed by atoms with Gasteiger partial charge in [0, 0.05) is 22.8 Å². The number of carbonyl (C=O) groups excluding carboxylic acids is 1. The molecule has 0 heterocycles. The molecule has 1 N–H and O–H groups in total. The lowest BCUT2D eigenvalue weighted by molar-refractivity contribution is 0.0948. The summed E-state index contributed by atoms with van der Waals surface area (Å²) in [7, 11) is 1.53. The van der Waals surface area contributed by atoms with Crippen molar-refractivity contribution in [2.45, 2.75) is 32.6 Å². The predicted molar refractivity (Wildman–Crippen MR) is 76.1 cm³/mol. The minimum absolute atomic E-state index is 0.0103. The van der Waals surface area contributed by atoms with Crippen molar-refractivity contribution in [1.82, 2.24) is 5.32 Å². The van der Waals surface area contributed by atoms with Crippen LogP contribution in [0.1, 0.15) is 35.3 Å². The van der Waals surface area contributed by atoms with Crippen LogP contribution in [-0.2, 0) is 9.05 Å². The highest BCUT2D eigenvalue weighted by atomic mass is 35.7. The summed E-state index contributed by atoms with van der Waals surface area (Å²) in [4.78, 5) is 11.9. The van der Waals surface area contributed by atoms with Crippen molar-refractivity contribution in [3.8, 4) is 0 Å². The summed E-state index contributed by atoms with van der Waals surface area (Å²) in [6, 6.07) is 2.98. The molecule has 1 aromatic rings. The zero-order valence-electron chi connectivity index (χ0n) is 11.5. The highest BCUT2D eigenvalue weighted by molar-refractivity contribution is 8.13. The van der Waals surface area contributed by atoms with E-state index in [4.69, 9.17) is 10.7 Å². The molecule has 19 heavy (non-hydrogen) atoms. The molecule has 0 aliphatic rings. The number of hydrogen-bond acceptors (Lipinski definition) is 3. The number of rotatable bonds is 4. The maximum atomic E-state index is 11.9. The molecule has 0 radical (unpaired) electrons. The summed E-state index contributed by atoms with van der Waals surface area (Å²) in [5.74, 6) is 0.0325. The third-order valence-electron chi connectivity index (χ3n) is 2.82. The molecule has 1 amide bonds. The summed E-state index contributed by atoms with van der Waals surface area (Å²) in [5, 5.41) is 2.75. The van der Waals surface area contributed by atoms with Crippen LogP contribution in [-0.4, -0.2) is 20.9 Å². The van der Waals surface area contributed by atoms with Gasteiger partial charge >= 0.3 is 0 Å². The van der Waals surface area contributed by atoms with Gasteiger partial charge in [-0.1, -0.05) is 13.8 Å². The second-order valence-corrected chi connectivity index (χ2v) is 7.49. The topological polar surface area (TPSA) is 63.2 Å². The first kappa shape index (κ1) is 16.0. The van der Waals surface area contributed by atoms with Crippen LogP contribution in [0, 0.1) is 19.8 Å². The first-order chi connectivity index (χ1) is 8.62. The van der Waals surface area contributed by atoms with E-state index in [1.54, 1.807) is 19.9 Å². The van der Waals surface area contributed by atoms with Crippen LogP contribution in [0.25, 0.3) is 0 Å². The van der Waals surface area contributed by atoms with E-state index >= 15 is 0 Å². The van der Waals surface area contributed by atoms with E-state index in [9.17, 15) is 13.2 Å². The molecule has 0 bridgehead atoms. The van der Waals surface area contributed by atoms with E-state index in [0.717, 1.165) is 5.56 Å². The van der Waals surface area contributed by atoms with E-state index in [1.807, 2.05) is 13.8 Å². The zero-order chi connectivity index (χ0) is 14.8. The number of benzene rings is 1. The fourth-order valence-electron chi connectivity index (χ4n) is 1.61. The number of nitrogens with one attached hydrogen (secondary N) is 1. The molecule has 0 atom stereocenters. The Morgan fingerprint density at radius 2 is 1.89 bits per heavy atom. The van der Waals surface area contributed by atoms with Gasteiger partial charge < -0.3 is 5.32 Å². The van der Waals surface area contributed by atoms with E-state index in [2.05, 4.69) is 5.32 Å². The first-order valence-corrected chi connectivity index (χ1v) is 8.28. The maximum Gasteiger partial charge on any atom is 0.261 e. The number of aryl methyl sites for hydroxylation is 1. The highest BCUT2D eigenvalue weighted by Crippen LogP contribution is 2.24. The largest absolute Gasteiger partial charge is 0.352 e. The normalized spacial score (nSPS) is 11.7. The Morgan fingerprint density at radius 3 is 2.37 bits per heavy atom. The van der Waals surface area contributed by atoms with Gasteiger partial charge in [0.15, 0.2) is 0 Å². The average Bonchev–Trinajstić information content (AvgIpc) is 2.27. The third-order valence-corrected chi connectivity index (χ3v) is 4.26. The Kier molecular flexibility index (Phi) is 4.98. The third kappa shape index (κ3) is 4.21. The Bertz CT molecular complexity index is 594. The second-order valence-electron chi connectivity index (χ2n) is 4.96. The van der Waals surface area contributed by atoms with Crippen LogP contribution < -0.4 is 5.32 Å². The Balaban J connectivity index is 3.18. The quantitative estimate of drug-likeness (QED) is 0.870. The van der Waals surface area contributed by atoms with E-state index in [-0.39, 0.29) is 10.8 Å². The fraction of sp³-hybridized carbons (Fsp3) is 0.462. The van der Waals surface area contributed by atoms with Gasteiger partial charge in [0.1, 0.15) is 0 Å². The van der Waals surface area contributed by atoms with Crippen molar-refractivity contribution in [3.63, 3.8) is 0 Å². The standard InChI is InChI=1S/C13H18ClNO3S/c1-8(2)7-15-13(16)11-5-9(3)10(4)12(6-11)19(14,17)18/h5-6,8H,7H2,1-4H3,(H,15,16). The number of carbonyl (C=O) groups is 1. The van der Waals surface area contributed by atoms with Gasteiger partial charge in [-0.2, -0.15) is 0 Å². The van der Waals surface area contributed by atoms with Gasteiger partial charge in [0.2, 0.25) is 0 Å². The van der Waals surface area contributed by atoms with Crippen LogP contribution in [0.5, 0.6) is 0 Å². The molecule has 0 aliphatic heterocycles. The molecule has 0 aliphatic carbocycles. The van der Waals surface area contributed by atoms with Gasteiger partial charge in [0.25, 0.3) is 15.0 Å². The summed E-state index contributed by atoms with van der Waals surface area (Å²) < 4.78 is 23.0. The van der Waals surface area contributed by atoms with Crippen LogP contribution in [0.15, 0.2) is 17.0 Å².